The van der Waals surface area contributed by atoms with Crippen LogP contribution >= 0.6 is 0 Å². The predicted octanol–water partition coefficient (Wildman–Crippen LogP) is -0.327. The maximum atomic E-state index is 9.05. The Morgan fingerprint density at radius 2 is 1.91 bits per heavy atom. The van der Waals surface area contributed by atoms with Crippen molar-refractivity contribution in [1.29, 1.82) is 5.26 Å². The van der Waals surface area contributed by atoms with Crippen molar-refractivity contribution in [2.45, 2.75) is 6.42 Å². The largest absolute Gasteiger partial charge is 0.369 e. The van der Waals surface area contributed by atoms with E-state index < -0.39 is 0 Å². The number of nitrogens with one attached hydrogen (secondary N) is 1. The van der Waals surface area contributed by atoms with Crippen LogP contribution in [0.15, 0.2) is 42.7 Å². The fourth-order valence-corrected chi connectivity index (χ4v) is 2.55. The number of hydrogen-bond acceptors (Lipinski definition) is 4. The Kier molecular flexibility index (Phi) is 4.29. The third kappa shape index (κ3) is 3.35. The lowest BCUT2D eigenvalue weighted by atomic mass is 9.79. The Morgan fingerprint density at radius 1 is 1.04 bits per heavy atom. The summed E-state index contributed by atoms with van der Waals surface area (Å²) in [5.41, 5.74) is 5.38. The van der Waals surface area contributed by atoms with Gasteiger partial charge in [0.1, 0.15) is 27.8 Å². The Morgan fingerprint density at radius 3 is 2.70 bits per heavy atom. The van der Waals surface area contributed by atoms with E-state index in [0.29, 0.717) is 5.56 Å². The van der Waals surface area contributed by atoms with Crippen LogP contribution in [-0.4, -0.2) is 32.2 Å². The minimum atomic E-state index is 0.615. The summed E-state index contributed by atoms with van der Waals surface area (Å²) in [5, 5.41) is 13.3. The second-order valence-corrected chi connectivity index (χ2v) is 5.66. The lowest BCUT2D eigenvalue weighted by molar-refractivity contribution is 1.01. The van der Waals surface area contributed by atoms with Crippen molar-refractivity contribution in [1.82, 2.24) is 9.97 Å². The van der Waals surface area contributed by atoms with Gasteiger partial charge in [-0.1, -0.05) is 29.1 Å². The highest BCUT2D eigenvalue weighted by Gasteiger charge is 2.05. The van der Waals surface area contributed by atoms with Crippen molar-refractivity contribution in [2.24, 2.45) is 0 Å². The van der Waals surface area contributed by atoms with E-state index in [9.17, 15) is 0 Å². The van der Waals surface area contributed by atoms with Gasteiger partial charge in [-0.15, -0.1) is 0 Å². The minimum Gasteiger partial charge on any atom is -0.369 e. The van der Waals surface area contributed by atoms with Crippen LogP contribution in [-0.2, 0) is 6.42 Å². The molecule has 0 unspecified atom stereocenters. The SMILES string of the molecule is Bc1ccc(CCNc2ncnc3ccc(C#N)cc23)cc1B. The van der Waals surface area contributed by atoms with Gasteiger partial charge < -0.3 is 5.32 Å². The van der Waals surface area contributed by atoms with Crippen molar-refractivity contribution in [2.75, 3.05) is 11.9 Å². The summed E-state index contributed by atoms with van der Waals surface area (Å²) in [6.45, 7) is 0.783. The summed E-state index contributed by atoms with van der Waals surface area (Å²) >= 11 is 0. The highest BCUT2D eigenvalue weighted by molar-refractivity contribution is 6.48. The van der Waals surface area contributed by atoms with Crippen LogP contribution < -0.4 is 16.2 Å². The molecule has 1 aromatic heterocycles. The van der Waals surface area contributed by atoms with Gasteiger partial charge in [0.2, 0.25) is 0 Å². The Hall–Kier alpha value is -2.80. The van der Waals surface area contributed by atoms with E-state index in [4.69, 9.17) is 5.26 Å². The van der Waals surface area contributed by atoms with Crippen LogP contribution in [0.5, 0.6) is 0 Å². The van der Waals surface area contributed by atoms with Crippen molar-refractivity contribution < 1.29 is 0 Å². The monoisotopic (exact) mass is 298 g/mol. The molecule has 1 N–H and O–H groups in total. The Balaban J connectivity index is 1.76. The Bertz CT molecular complexity index is 903. The molecule has 3 aromatic rings. The number of benzene rings is 2. The maximum absolute atomic E-state index is 9.05. The molecular weight excluding hydrogens is 282 g/mol. The zero-order valence-corrected chi connectivity index (χ0v) is 13.3. The molecule has 0 aliphatic heterocycles. The molecule has 4 nitrogen and oxygen atoms in total. The topological polar surface area (TPSA) is 61.6 Å². The van der Waals surface area contributed by atoms with Crippen LogP contribution in [0, 0.1) is 11.3 Å². The molecule has 0 spiro atoms. The van der Waals surface area contributed by atoms with Gasteiger partial charge in [-0.25, -0.2) is 9.97 Å². The first-order chi connectivity index (χ1) is 11.2. The van der Waals surface area contributed by atoms with Crippen molar-refractivity contribution in [3.05, 3.63) is 53.9 Å². The number of fused-ring (bicyclic) bond motifs is 1. The number of nitriles is 1. The molecule has 0 amide bonds. The molecule has 110 valence electrons. The van der Waals surface area contributed by atoms with E-state index in [2.05, 4.69) is 55.2 Å². The molecular formula is C17H16B2N4. The summed E-state index contributed by atoms with van der Waals surface area (Å²) in [6.07, 6.45) is 2.47. The van der Waals surface area contributed by atoms with Crippen LogP contribution in [0.3, 0.4) is 0 Å². The molecule has 23 heavy (non-hydrogen) atoms. The highest BCUT2D eigenvalue weighted by atomic mass is 15.0. The molecule has 0 saturated carbocycles. The minimum absolute atomic E-state index is 0.615. The fraction of sp³-hybridized carbons (Fsp3) is 0.118. The van der Waals surface area contributed by atoms with Gasteiger partial charge >= 0.3 is 0 Å². The van der Waals surface area contributed by atoms with Crippen LogP contribution in [0.2, 0.25) is 0 Å². The van der Waals surface area contributed by atoms with Gasteiger partial charge in [0.15, 0.2) is 0 Å². The Labute approximate surface area is 137 Å². The van der Waals surface area contributed by atoms with E-state index in [1.807, 2.05) is 12.1 Å². The number of anilines is 1. The molecule has 2 aromatic carbocycles. The first-order valence-electron chi connectivity index (χ1n) is 7.62. The molecule has 0 aliphatic carbocycles. The molecule has 0 bridgehead atoms. The number of nitrogens with zero attached hydrogens (tertiary/aromatic N) is 3. The standard InChI is InChI=1S/C17H16B2N4/c18-14-3-1-11(8-15(14)19)5-6-21-17-13-7-12(9-20)2-4-16(13)22-10-23-17/h1-4,7-8,10H,5-6,18-19H2,(H,21,22,23). The van der Waals surface area contributed by atoms with E-state index in [0.717, 1.165) is 29.7 Å². The summed E-state index contributed by atoms with van der Waals surface area (Å²) in [4.78, 5) is 8.56. The molecule has 3 rings (SSSR count). The molecule has 6 heteroatoms. The lowest BCUT2D eigenvalue weighted by Crippen LogP contribution is -2.25. The van der Waals surface area contributed by atoms with Crippen molar-refractivity contribution in [3.8, 4) is 6.07 Å². The number of hydrogen-bond donors (Lipinski definition) is 1. The third-order valence-corrected chi connectivity index (χ3v) is 4.04. The fourth-order valence-electron chi connectivity index (χ4n) is 2.55. The highest BCUT2D eigenvalue weighted by Crippen LogP contribution is 2.20. The van der Waals surface area contributed by atoms with Gasteiger partial charge in [-0.05, 0) is 30.2 Å². The zero-order chi connectivity index (χ0) is 16.2. The summed E-state index contributed by atoms with van der Waals surface area (Å²) in [5.74, 6) is 0.774. The summed E-state index contributed by atoms with van der Waals surface area (Å²) in [7, 11) is 4.25. The normalized spacial score (nSPS) is 10.4. The molecule has 0 fully saturated rings. The first-order valence-corrected chi connectivity index (χ1v) is 7.62. The molecule has 0 radical (unpaired) electrons. The van der Waals surface area contributed by atoms with Crippen molar-refractivity contribution in [3.63, 3.8) is 0 Å². The van der Waals surface area contributed by atoms with E-state index in [1.165, 1.54) is 16.5 Å². The second kappa shape index (κ2) is 6.53. The average molecular weight is 298 g/mol. The van der Waals surface area contributed by atoms with Gasteiger partial charge in [-0.2, -0.15) is 5.26 Å². The predicted molar refractivity (Wildman–Crippen MR) is 99.2 cm³/mol. The first kappa shape index (κ1) is 15.1. The quantitative estimate of drug-likeness (QED) is 0.670. The smallest absolute Gasteiger partial charge is 0.138 e. The lowest BCUT2D eigenvalue weighted by Gasteiger charge is -2.09. The van der Waals surface area contributed by atoms with Crippen LogP contribution in [0.1, 0.15) is 11.1 Å². The van der Waals surface area contributed by atoms with Crippen LogP contribution in [0.25, 0.3) is 10.9 Å². The summed E-state index contributed by atoms with van der Waals surface area (Å²) in [6, 6.07) is 14.2. The average Bonchev–Trinajstić information content (AvgIpc) is 2.58. The second-order valence-electron chi connectivity index (χ2n) is 5.66. The van der Waals surface area contributed by atoms with E-state index >= 15 is 0 Å². The van der Waals surface area contributed by atoms with Gasteiger partial charge in [0, 0.05) is 11.9 Å². The summed E-state index contributed by atoms with van der Waals surface area (Å²) < 4.78 is 0. The van der Waals surface area contributed by atoms with Crippen molar-refractivity contribution >= 4 is 43.3 Å². The zero-order valence-electron chi connectivity index (χ0n) is 13.3. The number of rotatable bonds is 4. The van der Waals surface area contributed by atoms with Gasteiger partial charge in [0.05, 0.1) is 17.1 Å². The molecule has 0 aliphatic rings. The van der Waals surface area contributed by atoms with Gasteiger partial charge in [0.25, 0.3) is 0 Å². The third-order valence-electron chi connectivity index (χ3n) is 4.04. The molecule has 0 saturated heterocycles. The van der Waals surface area contributed by atoms with E-state index in [1.54, 1.807) is 12.4 Å². The maximum Gasteiger partial charge on any atom is 0.138 e. The molecule has 0 atom stereocenters. The molecule has 1 heterocycles. The number of aromatic nitrogens is 2. The van der Waals surface area contributed by atoms with E-state index in [-0.39, 0.29) is 0 Å². The van der Waals surface area contributed by atoms with Crippen LogP contribution in [0.4, 0.5) is 5.82 Å². The van der Waals surface area contributed by atoms with Gasteiger partial charge in [-0.3, -0.25) is 0 Å².